The van der Waals surface area contributed by atoms with Crippen molar-refractivity contribution >= 4 is 0 Å². The lowest BCUT2D eigenvalue weighted by Crippen LogP contribution is -1.86. The molecule has 0 spiro atoms. The van der Waals surface area contributed by atoms with Gasteiger partial charge in [-0.1, -0.05) is 12.2 Å². The predicted molar refractivity (Wildman–Crippen MR) is 47.5 cm³/mol. The van der Waals surface area contributed by atoms with E-state index in [9.17, 15) is 0 Å². The second-order valence-corrected chi connectivity index (χ2v) is 2.60. The lowest BCUT2D eigenvalue weighted by molar-refractivity contribution is 1.09. The van der Waals surface area contributed by atoms with Crippen LogP contribution in [0, 0.1) is 6.92 Å². The van der Waals surface area contributed by atoms with Crippen molar-refractivity contribution in [3.63, 3.8) is 0 Å². The molecule has 0 radical (unpaired) electrons. The molecular formula is C10H13N. The molecule has 0 saturated carbocycles. The first-order chi connectivity index (χ1) is 5.33. The topological polar surface area (TPSA) is 12.9 Å². The number of aryl methyl sites for hydroxylation is 1. The number of allylic oxidation sites excluding steroid dienone is 2. The molecule has 1 nitrogen and oxygen atoms in total. The summed E-state index contributed by atoms with van der Waals surface area (Å²) < 4.78 is 0. The molecule has 58 valence electrons. The molecule has 1 rings (SSSR count). The van der Waals surface area contributed by atoms with Gasteiger partial charge in [0.2, 0.25) is 0 Å². The van der Waals surface area contributed by atoms with Gasteiger partial charge in [-0.2, -0.15) is 0 Å². The molecule has 0 aromatic carbocycles. The fourth-order valence-electron chi connectivity index (χ4n) is 0.949. The summed E-state index contributed by atoms with van der Waals surface area (Å²) in [6, 6.07) is 4.12. The van der Waals surface area contributed by atoms with Gasteiger partial charge in [0.1, 0.15) is 0 Å². The quantitative estimate of drug-likeness (QED) is 0.586. The first-order valence-electron chi connectivity index (χ1n) is 3.85. The van der Waals surface area contributed by atoms with E-state index >= 15 is 0 Å². The van der Waals surface area contributed by atoms with Gasteiger partial charge in [0, 0.05) is 18.3 Å². The highest BCUT2D eigenvalue weighted by Gasteiger charge is 1.89. The van der Waals surface area contributed by atoms with Crippen molar-refractivity contribution in [2.75, 3.05) is 0 Å². The van der Waals surface area contributed by atoms with Crippen LogP contribution in [0.2, 0.25) is 0 Å². The maximum Gasteiger partial charge on any atom is 0.0443 e. The maximum absolute atomic E-state index is 4.23. The second-order valence-electron chi connectivity index (χ2n) is 2.60. The Kier molecular flexibility index (Phi) is 2.84. The van der Waals surface area contributed by atoms with Gasteiger partial charge in [0.05, 0.1) is 0 Å². The molecular weight excluding hydrogens is 134 g/mol. The van der Waals surface area contributed by atoms with Gasteiger partial charge in [-0.05, 0) is 31.5 Å². The molecule has 0 saturated heterocycles. The Morgan fingerprint density at radius 1 is 1.55 bits per heavy atom. The minimum absolute atomic E-state index is 0.943. The van der Waals surface area contributed by atoms with Crippen LogP contribution in [0.5, 0.6) is 0 Å². The molecule has 1 heterocycles. The summed E-state index contributed by atoms with van der Waals surface area (Å²) in [6.45, 7) is 4.11. The third-order valence-corrected chi connectivity index (χ3v) is 1.53. The minimum atomic E-state index is 0.943. The van der Waals surface area contributed by atoms with Crippen molar-refractivity contribution < 1.29 is 0 Å². The van der Waals surface area contributed by atoms with Crippen molar-refractivity contribution in [2.45, 2.75) is 20.3 Å². The highest BCUT2D eigenvalue weighted by Crippen LogP contribution is 2.00. The Labute approximate surface area is 67.8 Å². The molecule has 0 aliphatic rings. The Morgan fingerprint density at radius 3 is 3.00 bits per heavy atom. The van der Waals surface area contributed by atoms with E-state index in [2.05, 4.69) is 24.1 Å². The van der Waals surface area contributed by atoms with Crippen molar-refractivity contribution in [1.82, 2.24) is 4.98 Å². The number of aromatic nitrogens is 1. The van der Waals surface area contributed by atoms with Crippen molar-refractivity contribution in [2.24, 2.45) is 0 Å². The van der Waals surface area contributed by atoms with Gasteiger partial charge in [0.15, 0.2) is 0 Å². The molecule has 11 heavy (non-hydrogen) atoms. The van der Waals surface area contributed by atoms with E-state index in [0.29, 0.717) is 0 Å². The Morgan fingerprint density at radius 2 is 2.36 bits per heavy atom. The average molecular weight is 147 g/mol. The molecule has 1 aromatic rings. The van der Waals surface area contributed by atoms with E-state index in [1.807, 2.05) is 25.3 Å². The fourth-order valence-corrected chi connectivity index (χ4v) is 0.949. The van der Waals surface area contributed by atoms with Crippen molar-refractivity contribution in [1.29, 1.82) is 0 Å². The second kappa shape index (κ2) is 3.91. The van der Waals surface area contributed by atoms with Crippen molar-refractivity contribution in [3.8, 4) is 0 Å². The maximum atomic E-state index is 4.23. The molecule has 0 atom stereocenters. The monoisotopic (exact) mass is 147 g/mol. The van der Waals surface area contributed by atoms with Crippen LogP contribution < -0.4 is 0 Å². The van der Waals surface area contributed by atoms with Crippen molar-refractivity contribution in [3.05, 3.63) is 41.7 Å². The largest absolute Gasteiger partial charge is 0.261 e. The Bertz CT molecular complexity index is 251. The molecule has 0 amide bonds. The summed E-state index contributed by atoms with van der Waals surface area (Å²) in [7, 11) is 0. The van der Waals surface area contributed by atoms with E-state index in [0.717, 1.165) is 12.1 Å². The summed E-state index contributed by atoms with van der Waals surface area (Å²) >= 11 is 0. The van der Waals surface area contributed by atoms with E-state index in [-0.39, 0.29) is 0 Å². The summed E-state index contributed by atoms with van der Waals surface area (Å²) in [4.78, 5) is 4.23. The van der Waals surface area contributed by atoms with Gasteiger partial charge in [0.25, 0.3) is 0 Å². The molecule has 0 aliphatic heterocycles. The van der Waals surface area contributed by atoms with E-state index in [1.165, 1.54) is 5.56 Å². The van der Waals surface area contributed by atoms with Gasteiger partial charge >= 0.3 is 0 Å². The molecule has 0 aliphatic carbocycles. The lowest BCUT2D eigenvalue weighted by atomic mass is 10.2. The van der Waals surface area contributed by atoms with E-state index < -0.39 is 0 Å². The molecule has 0 fully saturated rings. The summed E-state index contributed by atoms with van der Waals surface area (Å²) in [6.07, 6.45) is 6.96. The highest BCUT2D eigenvalue weighted by atomic mass is 14.7. The molecule has 1 aromatic heterocycles. The SMILES string of the molecule is C/C=C/Cc1cc(C)ccn1. The first-order valence-corrected chi connectivity index (χ1v) is 3.85. The summed E-state index contributed by atoms with van der Waals surface area (Å²) in [5, 5.41) is 0. The smallest absolute Gasteiger partial charge is 0.0443 e. The van der Waals surface area contributed by atoms with Crippen LogP contribution in [0.1, 0.15) is 18.2 Å². The fraction of sp³-hybridized carbons (Fsp3) is 0.300. The zero-order valence-corrected chi connectivity index (χ0v) is 7.04. The number of hydrogen-bond donors (Lipinski definition) is 0. The van der Waals surface area contributed by atoms with Crippen LogP contribution in [0.25, 0.3) is 0 Å². The van der Waals surface area contributed by atoms with Crippen LogP contribution in [0.4, 0.5) is 0 Å². The highest BCUT2D eigenvalue weighted by molar-refractivity contribution is 5.16. The van der Waals surface area contributed by atoms with E-state index in [1.54, 1.807) is 0 Å². The first kappa shape index (κ1) is 7.99. The Hall–Kier alpha value is -1.11. The van der Waals surface area contributed by atoms with Gasteiger partial charge < -0.3 is 0 Å². The summed E-state index contributed by atoms with van der Waals surface area (Å²) in [5.74, 6) is 0. The van der Waals surface area contributed by atoms with Crippen LogP contribution in [0.15, 0.2) is 30.5 Å². The third-order valence-electron chi connectivity index (χ3n) is 1.53. The van der Waals surface area contributed by atoms with Crippen LogP contribution in [-0.4, -0.2) is 4.98 Å². The van der Waals surface area contributed by atoms with Crippen LogP contribution >= 0.6 is 0 Å². The predicted octanol–water partition coefficient (Wildman–Crippen LogP) is 2.51. The average Bonchev–Trinajstić information content (AvgIpc) is 2.01. The van der Waals surface area contributed by atoms with Gasteiger partial charge in [-0.3, -0.25) is 4.98 Å². The zero-order chi connectivity index (χ0) is 8.10. The van der Waals surface area contributed by atoms with E-state index in [4.69, 9.17) is 0 Å². The number of pyridine rings is 1. The zero-order valence-electron chi connectivity index (χ0n) is 7.04. The molecule has 0 bridgehead atoms. The van der Waals surface area contributed by atoms with Gasteiger partial charge in [-0.25, -0.2) is 0 Å². The standard InChI is InChI=1S/C10H13N/c1-3-4-5-10-8-9(2)6-7-11-10/h3-4,6-8H,5H2,1-2H3/b4-3+. The molecule has 1 heteroatoms. The number of nitrogens with zero attached hydrogens (tertiary/aromatic N) is 1. The number of rotatable bonds is 2. The van der Waals surface area contributed by atoms with Crippen LogP contribution in [0.3, 0.4) is 0 Å². The third kappa shape index (κ3) is 2.54. The summed E-state index contributed by atoms with van der Waals surface area (Å²) in [5.41, 5.74) is 2.42. The lowest BCUT2D eigenvalue weighted by Gasteiger charge is -1.95. The molecule has 0 unspecified atom stereocenters. The minimum Gasteiger partial charge on any atom is -0.261 e. The van der Waals surface area contributed by atoms with Crippen LogP contribution in [-0.2, 0) is 6.42 Å². The normalized spacial score (nSPS) is 10.7. The Balaban J connectivity index is 2.71. The van der Waals surface area contributed by atoms with Gasteiger partial charge in [-0.15, -0.1) is 0 Å². The number of hydrogen-bond acceptors (Lipinski definition) is 1. The molecule has 0 N–H and O–H groups in total.